The van der Waals surface area contributed by atoms with E-state index < -0.39 is 36.1 Å². The van der Waals surface area contributed by atoms with Crippen molar-refractivity contribution in [1.29, 1.82) is 0 Å². The topological polar surface area (TPSA) is 63.5 Å². The number of nitrogens with one attached hydrogen (secondary N) is 2. The van der Waals surface area contributed by atoms with E-state index in [4.69, 9.17) is 9.15 Å². The summed E-state index contributed by atoms with van der Waals surface area (Å²) < 4.78 is 66.9. The van der Waals surface area contributed by atoms with Gasteiger partial charge in [-0.05, 0) is 50.2 Å². The molecule has 31 heavy (non-hydrogen) atoms. The van der Waals surface area contributed by atoms with Gasteiger partial charge in [-0.3, -0.25) is 4.79 Å². The molecular formula is C22H20F4N2O3. The van der Waals surface area contributed by atoms with E-state index in [0.29, 0.717) is 17.5 Å². The molecule has 2 heterocycles. The van der Waals surface area contributed by atoms with Crippen molar-refractivity contribution in [2.75, 3.05) is 13.1 Å². The van der Waals surface area contributed by atoms with Crippen LogP contribution in [0, 0.1) is 18.6 Å². The summed E-state index contributed by atoms with van der Waals surface area (Å²) in [5.41, 5.74) is 0.257. The molecule has 0 spiro atoms. The zero-order valence-corrected chi connectivity index (χ0v) is 16.6. The van der Waals surface area contributed by atoms with Gasteiger partial charge in [0.2, 0.25) is 0 Å². The summed E-state index contributed by atoms with van der Waals surface area (Å²) in [4.78, 5) is 12.8. The van der Waals surface area contributed by atoms with Gasteiger partial charge in [-0.2, -0.15) is 0 Å². The molecule has 5 nitrogen and oxygen atoms in total. The number of carbonyl (C=O) groups is 1. The van der Waals surface area contributed by atoms with Crippen molar-refractivity contribution in [2.24, 2.45) is 0 Å². The number of hydrogen-bond acceptors (Lipinski definition) is 4. The predicted octanol–water partition coefficient (Wildman–Crippen LogP) is 4.33. The van der Waals surface area contributed by atoms with Gasteiger partial charge in [0.1, 0.15) is 35.3 Å². The normalized spacial score (nSPS) is 18.2. The van der Waals surface area contributed by atoms with Gasteiger partial charge in [-0.15, -0.1) is 0 Å². The van der Waals surface area contributed by atoms with Crippen LogP contribution in [-0.4, -0.2) is 31.0 Å². The number of benzene rings is 2. The molecule has 1 atom stereocenters. The van der Waals surface area contributed by atoms with Crippen molar-refractivity contribution in [1.82, 2.24) is 10.6 Å². The first kappa shape index (κ1) is 21.2. The SMILES string of the molecule is Cc1oc2ccc(OCc3c(F)cccc3F)cc2c1C(=O)NC1CCNCC1(F)F. The number of carbonyl (C=O) groups excluding carboxylic acids is 1. The first-order chi connectivity index (χ1) is 14.8. The highest BCUT2D eigenvalue weighted by atomic mass is 19.3. The van der Waals surface area contributed by atoms with E-state index in [1.807, 2.05) is 0 Å². The Morgan fingerprint density at radius 3 is 2.71 bits per heavy atom. The lowest BCUT2D eigenvalue weighted by Crippen LogP contribution is -2.57. The van der Waals surface area contributed by atoms with E-state index >= 15 is 0 Å². The second kappa shape index (κ2) is 8.22. The van der Waals surface area contributed by atoms with Crippen LogP contribution in [0.2, 0.25) is 0 Å². The quantitative estimate of drug-likeness (QED) is 0.585. The number of halogens is 4. The second-order valence-corrected chi connectivity index (χ2v) is 7.43. The molecular weight excluding hydrogens is 416 g/mol. The number of ether oxygens (including phenoxy) is 1. The number of rotatable bonds is 5. The Morgan fingerprint density at radius 1 is 1.26 bits per heavy atom. The lowest BCUT2D eigenvalue weighted by molar-refractivity contribution is -0.0487. The van der Waals surface area contributed by atoms with E-state index in [0.717, 1.165) is 12.1 Å². The number of aryl methyl sites for hydroxylation is 1. The average molecular weight is 436 g/mol. The molecule has 9 heteroatoms. The monoisotopic (exact) mass is 436 g/mol. The predicted molar refractivity (Wildman–Crippen MR) is 105 cm³/mol. The summed E-state index contributed by atoms with van der Waals surface area (Å²) in [7, 11) is 0. The van der Waals surface area contributed by atoms with Gasteiger partial charge >= 0.3 is 0 Å². The van der Waals surface area contributed by atoms with E-state index in [2.05, 4.69) is 10.6 Å². The smallest absolute Gasteiger partial charge is 0.280 e. The Labute approximate surface area is 175 Å². The van der Waals surface area contributed by atoms with Gasteiger partial charge in [-0.25, -0.2) is 17.6 Å². The lowest BCUT2D eigenvalue weighted by Gasteiger charge is -2.32. The highest BCUT2D eigenvalue weighted by molar-refractivity contribution is 6.07. The van der Waals surface area contributed by atoms with Crippen molar-refractivity contribution in [2.45, 2.75) is 31.9 Å². The molecule has 1 aliphatic heterocycles. The van der Waals surface area contributed by atoms with Gasteiger partial charge in [0.05, 0.1) is 23.7 Å². The van der Waals surface area contributed by atoms with Crippen LogP contribution in [0.5, 0.6) is 5.75 Å². The maximum Gasteiger partial charge on any atom is 0.280 e. The Balaban J connectivity index is 1.58. The minimum absolute atomic E-state index is 0.0934. The van der Waals surface area contributed by atoms with Crippen LogP contribution < -0.4 is 15.4 Å². The zero-order valence-electron chi connectivity index (χ0n) is 16.6. The number of fused-ring (bicyclic) bond motifs is 1. The fraction of sp³-hybridized carbons (Fsp3) is 0.318. The van der Waals surface area contributed by atoms with Crippen molar-refractivity contribution in [3.05, 3.63) is 64.9 Å². The van der Waals surface area contributed by atoms with E-state index in [9.17, 15) is 22.4 Å². The molecule has 0 aliphatic carbocycles. The second-order valence-electron chi connectivity index (χ2n) is 7.43. The molecule has 1 amide bonds. The third kappa shape index (κ3) is 4.23. The van der Waals surface area contributed by atoms with Crippen LogP contribution in [0.25, 0.3) is 11.0 Å². The molecule has 164 valence electrons. The maximum absolute atomic E-state index is 14.1. The summed E-state index contributed by atoms with van der Waals surface area (Å²) in [6, 6.07) is 6.78. The van der Waals surface area contributed by atoms with Crippen molar-refractivity contribution < 1.29 is 31.5 Å². The first-order valence-corrected chi connectivity index (χ1v) is 9.74. The zero-order chi connectivity index (χ0) is 22.2. The van der Waals surface area contributed by atoms with E-state index in [-0.39, 0.29) is 35.7 Å². The molecule has 0 bridgehead atoms. The van der Waals surface area contributed by atoms with Crippen molar-refractivity contribution in [3.63, 3.8) is 0 Å². The Hall–Kier alpha value is -3.07. The maximum atomic E-state index is 14.1. The van der Waals surface area contributed by atoms with Gasteiger partial charge in [0.15, 0.2) is 0 Å². The van der Waals surface area contributed by atoms with E-state index in [1.165, 1.54) is 18.2 Å². The molecule has 0 saturated carbocycles. The molecule has 1 unspecified atom stereocenters. The highest BCUT2D eigenvalue weighted by Crippen LogP contribution is 2.31. The van der Waals surface area contributed by atoms with E-state index in [1.54, 1.807) is 13.0 Å². The molecule has 1 saturated heterocycles. The fourth-order valence-electron chi connectivity index (χ4n) is 3.64. The largest absolute Gasteiger partial charge is 0.489 e. The molecule has 1 aliphatic rings. The third-order valence-corrected chi connectivity index (χ3v) is 5.29. The van der Waals surface area contributed by atoms with Crippen molar-refractivity contribution >= 4 is 16.9 Å². The number of alkyl halides is 2. The molecule has 3 aromatic rings. The number of hydrogen-bond donors (Lipinski definition) is 2. The molecule has 1 fully saturated rings. The van der Waals surface area contributed by atoms with Crippen LogP contribution in [0.4, 0.5) is 17.6 Å². The summed E-state index contributed by atoms with van der Waals surface area (Å²) in [5, 5.41) is 5.37. The van der Waals surface area contributed by atoms with Crippen LogP contribution in [0.3, 0.4) is 0 Å². The van der Waals surface area contributed by atoms with Gasteiger partial charge < -0.3 is 19.8 Å². The highest BCUT2D eigenvalue weighted by Gasteiger charge is 2.42. The Morgan fingerprint density at radius 2 is 2.00 bits per heavy atom. The minimum Gasteiger partial charge on any atom is -0.489 e. The molecule has 2 aromatic carbocycles. The Bertz CT molecular complexity index is 1110. The minimum atomic E-state index is -3.07. The van der Waals surface area contributed by atoms with Crippen LogP contribution in [-0.2, 0) is 6.61 Å². The summed E-state index contributed by atoms with van der Waals surface area (Å²) in [5.74, 6) is -4.70. The van der Waals surface area contributed by atoms with Crippen LogP contribution in [0.1, 0.15) is 28.1 Å². The third-order valence-electron chi connectivity index (χ3n) is 5.29. The summed E-state index contributed by atoms with van der Waals surface area (Å²) in [6.45, 7) is 1.07. The Kier molecular flexibility index (Phi) is 5.62. The molecule has 2 N–H and O–H groups in total. The van der Waals surface area contributed by atoms with Crippen LogP contribution in [0.15, 0.2) is 40.8 Å². The number of furan rings is 1. The molecule has 0 radical (unpaired) electrons. The first-order valence-electron chi connectivity index (χ1n) is 9.74. The molecule has 4 rings (SSSR count). The average Bonchev–Trinajstić information content (AvgIpc) is 3.04. The molecule has 1 aromatic heterocycles. The number of piperidine rings is 1. The van der Waals surface area contributed by atoms with Crippen LogP contribution >= 0.6 is 0 Å². The van der Waals surface area contributed by atoms with Crippen molar-refractivity contribution in [3.8, 4) is 5.75 Å². The van der Waals surface area contributed by atoms with Gasteiger partial charge in [0.25, 0.3) is 11.8 Å². The fourth-order valence-corrected chi connectivity index (χ4v) is 3.64. The van der Waals surface area contributed by atoms with Gasteiger partial charge in [-0.1, -0.05) is 6.07 Å². The standard InChI is InChI=1S/C22H20F4N2O3/c1-12-20(21(29)28-19-7-8-27-11-22(19,25)26)14-9-13(5-6-18(14)31-12)30-10-15-16(23)3-2-4-17(15)24/h2-6,9,19,27H,7-8,10-11H2,1H3,(H,28,29). The van der Waals surface area contributed by atoms with Gasteiger partial charge in [0, 0.05) is 5.39 Å². The lowest BCUT2D eigenvalue weighted by atomic mass is 10.0. The number of amides is 1. The summed E-state index contributed by atoms with van der Waals surface area (Å²) in [6.07, 6.45) is 0.0934. The summed E-state index contributed by atoms with van der Waals surface area (Å²) >= 11 is 0.